The SMILES string of the molecule is COc1cc(Br)cc(OC)c1[C@@H]1CO1. The van der Waals surface area contributed by atoms with Crippen molar-refractivity contribution >= 4 is 15.9 Å². The molecule has 1 aromatic carbocycles. The van der Waals surface area contributed by atoms with Crippen LogP contribution in [-0.2, 0) is 4.74 Å². The summed E-state index contributed by atoms with van der Waals surface area (Å²) < 4.78 is 16.7. The number of epoxide rings is 1. The molecule has 4 heteroatoms. The molecule has 0 aliphatic carbocycles. The molecule has 0 saturated carbocycles. The van der Waals surface area contributed by atoms with Crippen LogP contribution in [0.2, 0.25) is 0 Å². The van der Waals surface area contributed by atoms with Crippen LogP contribution in [0.3, 0.4) is 0 Å². The predicted molar refractivity (Wildman–Crippen MR) is 55.9 cm³/mol. The maximum absolute atomic E-state index is 5.28. The van der Waals surface area contributed by atoms with E-state index < -0.39 is 0 Å². The van der Waals surface area contributed by atoms with E-state index in [1.165, 1.54) is 0 Å². The van der Waals surface area contributed by atoms with Crippen LogP contribution in [0.15, 0.2) is 16.6 Å². The minimum Gasteiger partial charge on any atom is -0.496 e. The van der Waals surface area contributed by atoms with E-state index in [0.29, 0.717) is 0 Å². The van der Waals surface area contributed by atoms with Crippen LogP contribution in [0.4, 0.5) is 0 Å². The van der Waals surface area contributed by atoms with Crippen molar-refractivity contribution in [2.24, 2.45) is 0 Å². The Morgan fingerprint density at radius 2 is 1.79 bits per heavy atom. The van der Waals surface area contributed by atoms with Gasteiger partial charge in [-0.15, -0.1) is 0 Å². The maximum Gasteiger partial charge on any atom is 0.129 e. The Hall–Kier alpha value is -0.740. The zero-order chi connectivity index (χ0) is 10.1. The lowest BCUT2D eigenvalue weighted by molar-refractivity contribution is 0.359. The van der Waals surface area contributed by atoms with Crippen LogP contribution < -0.4 is 9.47 Å². The summed E-state index contributed by atoms with van der Waals surface area (Å²) in [4.78, 5) is 0. The van der Waals surface area contributed by atoms with E-state index in [4.69, 9.17) is 14.2 Å². The molecule has 0 bridgehead atoms. The van der Waals surface area contributed by atoms with Crippen molar-refractivity contribution in [3.05, 3.63) is 22.2 Å². The first-order chi connectivity index (χ1) is 6.76. The molecular weight excluding hydrogens is 248 g/mol. The Kier molecular flexibility index (Phi) is 2.65. The van der Waals surface area contributed by atoms with Crippen molar-refractivity contribution in [3.8, 4) is 11.5 Å². The van der Waals surface area contributed by atoms with Gasteiger partial charge in [-0.1, -0.05) is 15.9 Å². The number of halogens is 1. The van der Waals surface area contributed by atoms with Crippen LogP contribution in [0.25, 0.3) is 0 Å². The van der Waals surface area contributed by atoms with Crippen LogP contribution in [-0.4, -0.2) is 20.8 Å². The molecule has 0 aromatic heterocycles. The van der Waals surface area contributed by atoms with Gasteiger partial charge in [0.2, 0.25) is 0 Å². The summed E-state index contributed by atoms with van der Waals surface area (Å²) >= 11 is 3.40. The van der Waals surface area contributed by atoms with Gasteiger partial charge in [0.1, 0.15) is 17.6 Å². The number of methoxy groups -OCH3 is 2. The van der Waals surface area contributed by atoms with E-state index in [0.717, 1.165) is 28.1 Å². The number of hydrogen-bond donors (Lipinski definition) is 0. The Morgan fingerprint density at radius 1 is 1.29 bits per heavy atom. The van der Waals surface area contributed by atoms with Crippen LogP contribution >= 0.6 is 15.9 Å². The third-order valence-corrected chi connectivity index (χ3v) is 2.62. The summed E-state index contributed by atoms with van der Waals surface area (Å²) in [6, 6.07) is 3.83. The van der Waals surface area contributed by atoms with E-state index in [9.17, 15) is 0 Å². The van der Waals surface area contributed by atoms with Crippen LogP contribution in [0.1, 0.15) is 11.7 Å². The molecule has 1 aliphatic rings. The molecule has 14 heavy (non-hydrogen) atoms. The van der Waals surface area contributed by atoms with Gasteiger partial charge < -0.3 is 14.2 Å². The highest BCUT2D eigenvalue weighted by Gasteiger charge is 2.31. The molecule has 0 N–H and O–H groups in total. The molecule has 1 aromatic rings. The molecule has 2 rings (SSSR count). The first kappa shape index (κ1) is 9.80. The van der Waals surface area contributed by atoms with Gasteiger partial charge in [-0.25, -0.2) is 0 Å². The lowest BCUT2D eigenvalue weighted by Crippen LogP contribution is -1.96. The smallest absolute Gasteiger partial charge is 0.129 e. The minimum absolute atomic E-state index is 0.132. The van der Waals surface area contributed by atoms with Crippen molar-refractivity contribution in [2.75, 3.05) is 20.8 Å². The summed E-state index contributed by atoms with van der Waals surface area (Å²) in [7, 11) is 3.29. The number of rotatable bonds is 3. The third kappa shape index (κ3) is 1.72. The molecule has 1 heterocycles. The van der Waals surface area contributed by atoms with Gasteiger partial charge in [0.15, 0.2) is 0 Å². The van der Waals surface area contributed by atoms with Gasteiger partial charge >= 0.3 is 0 Å². The van der Waals surface area contributed by atoms with Gasteiger partial charge in [0, 0.05) is 4.47 Å². The van der Waals surface area contributed by atoms with Crippen molar-refractivity contribution in [1.82, 2.24) is 0 Å². The van der Waals surface area contributed by atoms with Crippen LogP contribution in [0.5, 0.6) is 11.5 Å². The standard InChI is InChI=1S/C10H11BrO3/c1-12-7-3-6(11)4-8(13-2)10(7)9-5-14-9/h3-4,9H,5H2,1-2H3/t9-/m0/s1. The highest BCUT2D eigenvalue weighted by atomic mass is 79.9. The fourth-order valence-corrected chi connectivity index (χ4v) is 1.85. The van der Waals surface area contributed by atoms with Gasteiger partial charge in [-0.05, 0) is 12.1 Å². The third-order valence-electron chi connectivity index (χ3n) is 2.16. The Morgan fingerprint density at radius 3 is 2.14 bits per heavy atom. The molecule has 3 nitrogen and oxygen atoms in total. The number of benzene rings is 1. The lowest BCUT2D eigenvalue weighted by Gasteiger charge is -2.11. The topological polar surface area (TPSA) is 31.0 Å². The number of ether oxygens (including phenoxy) is 3. The van der Waals surface area contributed by atoms with E-state index in [1.54, 1.807) is 14.2 Å². The van der Waals surface area contributed by atoms with Crippen molar-refractivity contribution in [1.29, 1.82) is 0 Å². The normalized spacial score (nSPS) is 19.2. The summed E-state index contributed by atoms with van der Waals surface area (Å²) in [5.74, 6) is 1.61. The van der Waals surface area contributed by atoms with Gasteiger partial charge in [0.05, 0.1) is 26.4 Å². The average Bonchev–Trinajstić information content (AvgIpc) is 2.99. The summed E-state index contributed by atoms with van der Waals surface area (Å²) in [5, 5.41) is 0. The van der Waals surface area contributed by atoms with Gasteiger partial charge in [-0.2, -0.15) is 0 Å². The van der Waals surface area contributed by atoms with Gasteiger partial charge in [-0.3, -0.25) is 0 Å². The maximum atomic E-state index is 5.28. The highest BCUT2D eigenvalue weighted by Crippen LogP contribution is 2.43. The van der Waals surface area contributed by atoms with Crippen LogP contribution in [0, 0.1) is 0 Å². The van der Waals surface area contributed by atoms with Crippen molar-refractivity contribution < 1.29 is 14.2 Å². The fourth-order valence-electron chi connectivity index (χ4n) is 1.44. The molecule has 1 fully saturated rings. The number of hydrogen-bond acceptors (Lipinski definition) is 3. The van der Waals surface area contributed by atoms with E-state index >= 15 is 0 Å². The summed E-state index contributed by atoms with van der Waals surface area (Å²) in [5.41, 5.74) is 0.998. The molecule has 0 radical (unpaired) electrons. The quantitative estimate of drug-likeness (QED) is 0.781. The Bertz CT molecular complexity index is 322. The Labute approximate surface area is 91.1 Å². The monoisotopic (exact) mass is 258 g/mol. The molecule has 1 atom stereocenters. The second kappa shape index (κ2) is 3.79. The predicted octanol–water partition coefficient (Wildman–Crippen LogP) is 2.54. The van der Waals surface area contributed by atoms with Crippen molar-refractivity contribution in [2.45, 2.75) is 6.10 Å². The molecule has 1 aliphatic heterocycles. The first-order valence-corrected chi connectivity index (χ1v) is 5.08. The van der Waals surface area contributed by atoms with E-state index in [-0.39, 0.29) is 6.10 Å². The zero-order valence-electron chi connectivity index (χ0n) is 8.04. The molecular formula is C10H11BrO3. The summed E-state index contributed by atoms with van der Waals surface area (Å²) in [6.07, 6.45) is 0.132. The van der Waals surface area contributed by atoms with Gasteiger partial charge in [0.25, 0.3) is 0 Å². The minimum atomic E-state index is 0.132. The van der Waals surface area contributed by atoms with Crippen molar-refractivity contribution in [3.63, 3.8) is 0 Å². The van der Waals surface area contributed by atoms with E-state index in [2.05, 4.69) is 15.9 Å². The molecule has 0 amide bonds. The zero-order valence-corrected chi connectivity index (χ0v) is 9.63. The second-order valence-electron chi connectivity index (χ2n) is 3.05. The fraction of sp³-hybridized carbons (Fsp3) is 0.400. The molecule has 0 spiro atoms. The largest absolute Gasteiger partial charge is 0.496 e. The highest BCUT2D eigenvalue weighted by molar-refractivity contribution is 9.10. The van der Waals surface area contributed by atoms with E-state index in [1.807, 2.05) is 12.1 Å². The molecule has 0 unspecified atom stereocenters. The molecule has 1 saturated heterocycles. The average molecular weight is 259 g/mol. The lowest BCUT2D eigenvalue weighted by atomic mass is 10.1. The molecule has 76 valence electrons. The second-order valence-corrected chi connectivity index (χ2v) is 3.96. The Balaban J connectivity index is 2.50. The first-order valence-electron chi connectivity index (χ1n) is 4.29. The summed E-state index contributed by atoms with van der Waals surface area (Å²) in [6.45, 7) is 0.744.